The van der Waals surface area contributed by atoms with Gasteiger partial charge in [-0.05, 0) is 0 Å². The van der Waals surface area contributed by atoms with Crippen LogP contribution < -0.4 is 0 Å². The van der Waals surface area contributed by atoms with Crippen LogP contribution in [0.4, 0.5) is 0 Å². The van der Waals surface area contributed by atoms with E-state index in [-0.39, 0.29) is 14.7 Å². The van der Waals surface area contributed by atoms with Crippen LogP contribution in [0, 0.1) is 6.92 Å². The van der Waals surface area contributed by atoms with Crippen LogP contribution in [-0.2, 0) is 12.8 Å². The van der Waals surface area contributed by atoms with Crippen LogP contribution in [0.25, 0.3) is 11.3 Å². The summed E-state index contributed by atoms with van der Waals surface area (Å²) in [5, 5.41) is 4.33. The number of hydrogen-bond acceptors (Lipinski definition) is 2. The van der Waals surface area contributed by atoms with E-state index in [1.54, 1.807) is 0 Å². The van der Waals surface area contributed by atoms with Gasteiger partial charge in [0.05, 0.1) is 0 Å². The molecule has 2 aromatic rings. The Balaban J connectivity index is 2.27. The second-order valence-corrected chi connectivity index (χ2v) is 5.82. The second-order valence-electron chi connectivity index (χ2n) is 4.06. The van der Waals surface area contributed by atoms with Crippen LogP contribution in [0.15, 0.2) is 18.2 Å². The Kier molecular flexibility index (Phi) is 2.23. The van der Waals surface area contributed by atoms with E-state index in [0.29, 0.717) is 0 Å². The van der Waals surface area contributed by atoms with Crippen molar-refractivity contribution < 1.29 is 0 Å². The van der Waals surface area contributed by atoms with Gasteiger partial charge in [0.15, 0.2) is 0 Å². The minimum absolute atomic E-state index is 0.278. The van der Waals surface area contributed by atoms with Crippen molar-refractivity contribution in [2.24, 2.45) is 0 Å². The molecule has 0 atom stereocenters. The molecule has 2 nitrogen and oxygen atoms in total. The van der Waals surface area contributed by atoms with Crippen molar-refractivity contribution in [3.63, 3.8) is 0 Å². The van der Waals surface area contributed by atoms with Gasteiger partial charge in [-0.1, -0.05) is 0 Å². The van der Waals surface area contributed by atoms with Crippen molar-refractivity contribution in [1.29, 1.82) is 0 Å². The summed E-state index contributed by atoms with van der Waals surface area (Å²) < 4.78 is 5.70. The summed E-state index contributed by atoms with van der Waals surface area (Å²) in [5.74, 6) is 0. The number of benzene rings is 1. The molecule has 1 aliphatic rings. The molecule has 0 amide bonds. The first-order valence-electron chi connectivity index (χ1n) is 5.26. The standard InChI is InChI=1S/C12H12N2Se/c1-8-5-6-9-3-2-4-11-12(10(9)7-8)13-14-15-11/h5-7H,2-4H2,1H3. The van der Waals surface area contributed by atoms with Crippen LogP contribution in [0.5, 0.6) is 0 Å². The van der Waals surface area contributed by atoms with Gasteiger partial charge in [-0.3, -0.25) is 0 Å². The summed E-state index contributed by atoms with van der Waals surface area (Å²) in [6.45, 7) is 2.14. The van der Waals surface area contributed by atoms with Crippen LogP contribution in [0.1, 0.15) is 22.0 Å². The van der Waals surface area contributed by atoms with E-state index in [2.05, 4.69) is 34.3 Å². The summed E-state index contributed by atoms with van der Waals surface area (Å²) in [6, 6.07) is 6.71. The molecule has 0 radical (unpaired) electrons. The predicted octanol–water partition coefficient (Wildman–Crippen LogP) is 2.00. The quantitative estimate of drug-likeness (QED) is 0.679. The van der Waals surface area contributed by atoms with Crippen LogP contribution in [0.2, 0.25) is 0 Å². The van der Waals surface area contributed by atoms with Crippen molar-refractivity contribution in [1.82, 2.24) is 9.19 Å². The van der Waals surface area contributed by atoms with Crippen molar-refractivity contribution in [3.8, 4) is 11.3 Å². The molecule has 3 rings (SSSR count). The summed E-state index contributed by atoms with van der Waals surface area (Å²) in [6.07, 6.45) is 3.63. The number of rotatable bonds is 0. The monoisotopic (exact) mass is 264 g/mol. The summed E-state index contributed by atoms with van der Waals surface area (Å²) in [5.41, 5.74) is 5.29. The molecule has 0 bridgehead atoms. The van der Waals surface area contributed by atoms with E-state index < -0.39 is 0 Å². The number of hydrogen-bond donors (Lipinski definition) is 0. The summed E-state index contributed by atoms with van der Waals surface area (Å²) in [7, 11) is 0. The molecule has 0 saturated carbocycles. The predicted molar refractivity (Wildman–Crippen MR) is 61.2 cm³/mol. The van der Waals surface area contributed by atoms with Crippen LogP contribution in [0.3, 0.4) is 0 Å². The Morgan fingerprint density at radius 1 is 1.27 bits per heavy atom. The van der Waals surface area contributed by atoms with E-state index in [9.17, 15) is 0 Å². The average molecular weight is 263 g/mol. The Bertz CT molecular complexity index is 502. The van der Waals surface area contributed by atoms with E-state index in [4.69, 9.17) is 0 Å². The zero-order valence-corrected chi connectivity index (χ0v) is 10.4. The Morgan fingerprint density at radius 2 is 2.20 bits per heavy atom. The normalized spacial score (nSPS) is 14.2. The molecular weight excluding hydrogens is 251 g/mol. The molecule has 0 aliphatic heterocycles. The van der Waals surface area contributed by atoms with Gasteiger partial charge in [0.25, 0.3) is 0 Å². The zero-order chi connectivity index (χ0) is 10.3. The van der Waals surface area contributed by atoms with E-state index >= 15 is 0 Å². The van der Waals surface area contributed by atoms with Crippen molar-refractivity contribution in [3.05, 3.63) is 33.8 Å². The Labute approximate surface area is 95.3 Å². The number of aryl methyl sites for hydroxylation is 3. The summed E-state index contributed by atoms with van der Waals surface area (Å²) in [4.78, 5) is 0. The van der Waals surface area contributed by atoms with Gasteiger partial charge < -0.3 is 0 Å². The van der Waals surface area contributed by atoms with Gasteiger partial charge in [0, 0.05) is 0 Å². The Morgan fingerprint density at radius 3 is 3.13 bits per heavy atom. The molecule has 0 fully saturated rings. The van der Waals surface area contributed by atoms with Gasteiger partial charge in [-0.2, -0.15) is 0 Å². The van der Waals surface area contributed by atoms with Gasteiger partial charge in [-0.15, -0.1) is 0 Å². The fourth-order valence-electron chi connectivity index (χ4n) is 2.15. The van der Waals surface area contributed by atoms with Gasteiger partial charge in [-0.25, -0.2) is 0 Å². The molecule has 76 valence electrons. The van der Waals surface area contributed by atoms with Gasteiger partial charge >= 0.3 is 95.1 Å². The minimum atomic E-state index is 0.278. The van der Waals surface area contributed by atoms with Crippen LogP contribution >= 0.6 is 0 Å². The first-order chi connectivity index (χ1) is 7.34. The fourth-order valence-corrected chi connectivity index (χ4v) is 3.60. The van der Waals surface area contributed by atoms with Crippen LogP contribution in [-0.4, -0.2) is 23.9 Å². The third-order valence-corrected chi connectivity index (χ3v) is 4.57. The molecule has 15 heavy (non-hydrogen) atoms. The molecule has 0 N–H and O–H groups in total. The van der Waals surface area contributed by atoms with E-state index in [0.717, 1.165) is 0 Å². The molecule has 1 aromatic heterocycles. The van der Waals surface area contributed by atoms with Gasteiger partial charge in [0.1, 0.15) is 0 Å². The second kappa shape index (κ2) is 3.58. The third kappa shape index (κ3) is 1.56. The molecular formula is C12H12N2Se. The van der Waals surface area contributed by atoms with Crippen molar-refractivity contribution in [2.45, 2.75) is 26.2 Å². The van der Waals surface area contributed by atoms with Gasteiger partial charge in [0.2, 0.25) is 0 Å². The maximum atomic E-state index is 4.33. The molecule has 0 spiro atoms. The number of fused-ring (bicyclic) bond motifs is 3. The fraction of sp³-hybridized carbons (Fsp3) is 0.333. The third-order valence-electron chi connectivity index (χ3n) is 2.93. The molecule has 0 unspecified atom stereocenters. The average Bonchev–Trinajstić information content (AvgIpc) is 2.62. The van der Waals surface area contributed by atoms with E-state index in [1.807, 2.05) is 0 Å². The first-order valence-corrected chi connectivity index (χ1v) is 6.88. The molecule has 1 heterocycles. The molecule has 1 aromatic carbocycles. The topological polar surface area (TPSA) is 25.8 Å². The number of nitrogens with zero attached hydrogens (tertiary/aromatic N) is 2. The van der Waals surface area contributed by atoms with Crippen molar-refractivity contribution >= 4 is 14.7 Å². The molecule has 3 heteroatoms. The SMILES string of the molecule is Cc1ccc2c(c1)-c1nn[se]c1CCC2. The zero-order valence-electron chi connectivity index (χ0n) is 8.66. The molecule has 1 aliphatic carbocycles. The number of aromatic nitrogens is 2. The van der Waals surface area contributed by atoms with E-state index in [1.165, 1.54) is 46.1 Å². The van der Waals surface area contributed by atoms with Crippen molar-refractivity contribution in [2.75, 3.05) is 0 Å². The Hall–Kier alpha value is -0.921. The molecule has 0 saturated heterocycles. The maximum absolute atomic E-state index is 4.33. The summed E-state index contributed by atoms with van der Waals surface area (Å²) >= 11 is 0.278. The first kappa shape index (κ1) is 9.32.